The number of carbonyl (C=O) groups excluding carboxylic acids is 2. The molecule has 0 aliphatic heterocycles. The molecule has 0 heterocycles. The molecule has 100 valence electrons. The Morgan fingerprint density at radius 2 is 1.82 bits per heavy atom. The average molecular weight is 245 g/mol. The first kappa shape index (κ1) is 16.0. The van der Waals surface area contributed by atoms with E-state index in [0.717, 1.165) is 6.42 Å². The van der Waals surface area contributed by atoms with Gasteiger partial charge in [0.15, 0.2) is 0 Å². The van der Waals surface area contributed by atoms with Crippen molar-refractivity contribution in [2.24, 2.45) is 23.1 Å². The molecule has 0 radical (unpaired) electrons. The number of esters is 2. The van der Waals surface area contributed by atoms with Crippen LogP contribution in [0, 0.1) is 5.92 Å². The van der Waals surface area contributed by atoms with E-state index in [1.807, 2.05) is 13.8 Å². The Hall–Kier alpha value is -0.980. The first-order valence-corrected chi connectivity index (χ1v) is 5.90. The normalized spacial score (nSPS) is 16.1. The minimum Gasteiger partial charge on any atom is -0.391 e. The van der Waals surface area contributed by atoms with E-state index in [4.69, 9.17) is 17.2 Å². The molecule has 3 atom stereocenters. The van der Waals surface area contributed by atoms with Gasteiger partial charge in [0.25, 0.3) is 0 Å². The van der Waals surface area contributed by atoms with Gasteiger partial charge in [0.2, 0.25) is 0 Å². The number of hydrogen-bond donors (Lipinski definition) is 3. The lowest BCUT2D eigenvalue weighted by molar-refractivity contribution is -0.162. The number of hydrogen-bond acceptors (Lipinski definition) is 6. The van der Waals surface area contributed by atoms with Crippen LogP contribution in [0.4, 0.5) is 0 Å². The number of rotatable bonds is 7. The third-order valence-electron chi connectivity index (χ3n) is 2.75. The van der Waals surface area contributed by atoms with Gasteiger partial charge in [-0.2, -0.15) is 0 Å². The molecule has 0 aromatic carbocycles. The maximum Gasteiger partial charge on any atom is 0.330 e. The van der Waals surface area contributed by atoms with E-state index in [1.165, 1.54) is 0 Å². The summed E-state index contributed by atoms with van der Waals surface area (Å²) < 4.78 is 4.63. The second-order valence-electron chi connectivity index (χ2n) is 4.19. The molecule has 0 amide bonds. The predicted octanol–water partition coefficient (Wildman–Crippen LogP) is -0.504. The van der Waals surface area contributed by atoms with Crippen LogP contribution >= 0.6 is 0 Å². The van der Waals surface area contributed by atoms with Crippen molar-refractivity contribution in [3.8, 4) is 0 Å². The van der Waals surface area contributed by atoms with Gasteiger partial charge in [-0.15, -0.1) is 0 Å². The van der Waals surface area contributed by atoms with E-state index in [1.54, 1.807) is 0 Å². The Morgan fingerprint density at radius 1 is 1.24 bits per heavy atom. The Balaban J connectivity index is 4.15. The number of nitrogens with two attached hydrogens (primary N) is 3. The molecule has 0 rings (SSSR count). The lowest BCUT2D eigenvalue weighted by Gasteiger charge is -2.17. The quantitative estimate of drug-likeness (QED) is 0.410. The van der Waals surface area contributed by atoms with Crippen LogP contribution in [-0.2, 0) is 14.3 Å². The lowest BCUT2D eigenvalue weighted by atomic mass is 10.0. The molecule has 17 heavy (non-hydrogen) atoms. The van der Waals surface area contributed by atoms with Gasteiger partial charge in [-0.05, 0) is 25.3 Å². The Morgan fingerprint density at radius 3 is 2.29 bits per heavy atom. The largest absolute Gasteiger partial charge is 0.391 e. The van der Waals surface area contributed by atoms with Gasteiger partial charge in [0, 0.05) is 0 Å². The highest BCUT2D eigenvalue weighted by atomic mass is 16.6. The molecule has 0 aromatic rings. The topological polar surface area (TPSA) is 121 Å². The van der Waals surface area contributed by atoms with Gasteiger partial charge in [0.1, 0.15) is 12.1 Å². The van der Waals surface area contributed by atoms with E-state index >= 15 is 0 Å². The third-order valence-corrected chi connectivity index (χ3v) is 2.75. The van der Waals surface area contributed by atoms with Crippen LogP contribution in [-0.4, -0.2) is 30.6 Å². The van der Waals surface area contributed by atoms with E-state index in [2.05, 4.69) is 4.74 Å². The van der Waals surface area contributed by atoms with E-state index in [0.29, 0.717) is 19.4 Å². The summed E-state index contributed by atoms with van der Waals surface area (Å²) in [5.41, 5.74) is 16.5. The van der Waals surface area contributed by atoms with Crippen molar-refractivity contribution in [3.63, 3.8) is 0 Å². The molecular formula is C11H23N3O3. The minimum absolute atomic E-state index is 0.0319. The van der Waals surface area contributed by atoms with Gasteiger partial charge >= 0.3 is 11.9 Å². The van der Waals surface area contributed by atoms with Crippen LogP contribution in [0.5, 0.6) is 0 Å². The highest BCUT2D eigenvalue weighted by molar-refractivity contribution is 5.90. The van der Waals surface area contributed by atoms with Crippen LogP contribution in [0.3, 0.4) is 0 Å². The molecule has 0 saturated heterocycles. The fraction of sp³-hybridized carbons (Fsp3) is 0.818. The molecule has 6 heteroatoms. The molecule has 0 saturated carbocycles. The summed E-state index contributed by atoms with van der Waals surface area (Å²) in [6.45, 7) is 4.18. The summed E-state index contributed by atoms with van der Waals surface area (Å²) in [6, 6.07) is -1.60. The molecule has 6 N–H and O–H groups in total. The zero-order valence-electron chi connectivity index (χ0n) is 10.5. The summed E-state index contributed by atoms with van der Waals surface area (Å²) in [5.74, 6) is -1.48. The van der Waals surface area contributed by atoms with E-state index in [9.17, 15) is 9.59 Å². The predicted molar refractivity (Wildman–Crippen MR) is 64.8 cm³/mol. The Bertz CT molecular complexity index is 258. The van der Waals surface area contributed by atoms with Crippen LogP contribution in [0.25, 0.3) is 0 Å². The molecule has 0 aromatic heterocycles. The Labute approximate surface area is 102 Å². The van der Waals surface area contributed by atoms with Crippen molar-refractivity contribution in [1.29, 1.82) is 0 Å². The maximum absolute atomic E-state index is 11.5. The molecule has 0 fully saturated rings. The average Bonchev–Trinajstić information content (AvgIpc) is 2.33. The highest BCUT2D eigenvalue weighted by Gasteiger charge is 2.25. The zero-order valence-corrected chi connectivity index (χ0v) is 10.5. The smallest absolute Gasteiger partial charge is 0.330 e. The van der Waals surface area contributed by atoms with Gasteiger partial charge < -0.3 is 21.9 Å². The standard InChI is InChI=1S/C11H23N3O3/c1-3-7(2)9(14)11(16)17-10(15)8(13)5-4-6-12/h7-9H,3-6,12-14H2,1-2H3/t7-,8+,9-/m0/s1. The van der Waals surface area contributed by atoms with Gasteiger partial charge in [0.05, 0.1) is 0 Å². The number of ether oxygens (including phenoxy) is 1. The van der Waals surface area contributed by atoms with Gasteiger partial charge in [-0.3, -0.25) is 0 Å². The monoisotopic (exact) mass is 245 g/mol. The highest BCUT2D eigenvalue weighted by Crippen LogP contribution is 2.07. The molecule has 0 aliphatic carbocycles. The van der Waals surface area contributed by atoms with Crippen LogP contribution < -0.4 is 17.2 Å². The molecule has 0 spiro atoms. The van der Waals surface area contributed by atoms with Crippen molar-refractivity contribution in [3.05, 3.63) is 0 Å². The fourth-order valence-corrected chi connectivity index (χ4v) is 1.18. The molecular weight excluding hydrogens is 222 g/mol. The van der Waals surface area contributed by atoms with Crippen LogP contribution in [0.2, 0.25) is 0 Å². The summed E-state index contributed by atoms with van der Waals surface area (Å²) in [7, 11) is 0. The number of carbonyl (C=O) groups is 2. The van der Waals surface area contributed by atoms with Crippen molar-refractivity contribution in [1.82, 2.24) is 0 Å². The maximum atomic E-state index is 11.5. The molecule has 6 nitrogen and oxygen atoms in total. The van der Waals surface area contributed by atoms with Crippen LogP contribution in [0.15, 0.2) is 0 Å². The lowest BCUT2D eigenvalue weighted by Crippen LogP contribution is -2.42. The second kappa shape index (κ2) is 8.16. The molecule has 0 bridgehead atoms. The third kappa shape index (κ3) is 5.76. The molecule has 0 unspecified atom stereocenters. The Kier molecular flexibility index (Phi) is 7.69. The summed E-state index contributed by atoms with van der Waals surface area (Å²) in [6.07, 6.45) is 1.76. The van der Waals surface area contributed by atoms with Crippen molar-refractivity contribution in [2.75, 3.05) is 6.54 Å². The van der Waals surface area contributed by atoms with Crippen molar-refractivity contribution < 1.29 is 14.3 Å². The summed E-state index contributed by atoms with van der Waals surface area (Å²) in [4.78, 5) is 22.9. The second-order valence-corrected chi connectivity index (χ2v) is 4.19. The van der Waals surface area contributed by atoms with Gasteiger partial charge in [-0.25, -0.2) is 9.59 Å². The van der Waals surface area contributed by atoms with Crippen molar-refractivity contribution in [2.45, 2.75) is 45.2 Å². The van der Waals surface area contributed by atoms with Crippen molar-refractivity contribution >= 4 is 11.9 Å². The zero-order chi connectivity index (χ0) is 13.4. The fourth-order valence-electron chi connectivity index (χ4n) is 1.18. The first-order valence-electron chi connectivity index (χ1n) is 5.90. The first-order chi connectivity index (χ1) is 7.93. The SMILES string of the molecule is CC[C@H](C)[C@H](N)C(=O)OC(=O)[C@H](N)CCCN. The van der Waals surface area contributed by atoms with E-state index < -0.39 is 24.0 Å². The summed E-state index contributed by atoms with van der Waals surface area (Å²) in [5, 5.41) is 0. The van der Waals surface area contributed by atoms with Crippen LogP contribution in [0.1, 0.15) is 33.1 Å². The minimum atomic E-state index is -0.813. The summed E-state index contributed by atoms with van der Waals surface area (Å²) >= 11 is 0. The van der Waals surface area contributed by atoms with E-state index in [-0.39, 0.29) is 5.92 Å². The van der Waals surface area contributed by atoms with Gasteiger partial charge in [-0.1, -0.05) is 20.3 Å². The molecule has 0 aliphatic rings.